The summed E-state index contributed by atoms with van der Waals surface area (Å²) in [6, 6.07) is 70.0. The van der Waals surface area contributed by atoms with Crippen molar-refractivity contribution in [2.45, 2.75) is 5.41 Å². The van der Waals surface area contributed by atoms with Crippen LogP contribution in [0.4, 0.5) is 0 Å². The molecule has 0 radical (unpaired) electrons. The van der Waals surface area contributed by atoms with Crippen LogP contribution >= 0.6 is 0 Å². The molecular weight excluding hydrogens is 641 g/mol. The summed E-state index contributed by atoms with van der Waals surface area (Å²) in [6.45, 7) is 0. The average molecular weight is 673 g/mol. The molecule has 1 aromatic heterocycles. The van der Waals surface area contributed by atoms with Crippen LogP contribution in [0.2, 0.25) is 0 Å². The van der Waals surface area contributed by atoms with Crippen LogP contribution in [0.1, 0.15) is 22.3 Å². The largest absolute Gasteiger partial charge is 0.228 e. The SMILES string of the molecule is c1ccc(-c2ccc(-c3ccc(-c4nc5c(c(-c6cccc7ccccc67)n4)C4(c6ccccc6-c6ccccc64)c4ccccc4-5)cc3)cc2)cc1. The molecule has 0 unspecified atom stereocenters. The highest BCUT2D eigenvalue weighted by Gasteiger charge is 2.54. The maximum Gasteiger partial charge on any atom is 0.160 e. The molecule has 0 amide bonds. The molecule has 1 spiro atoms. The van der Waals surface area contributed by atoms with Crippen LogP contribution in [0, 0.1) is 0 Å². The molecule has 11 rings (SSSR count). The number of rotatable bonds is 4. The van der Waals surface area contributed by atoms with Crippen molar-refractivity contribution in [3.63, 3.8) is 0 Å². The van der Waals surface area contributed by atoms with Crippen LogP contribution in [-0.4, -0.2) is 9.97 Å². The molecule has 2 aliphatic carbocycles. The molecule has 2 aliphatic rings. The van der Waals surface area contributed by atoms with E-state index in [2.05, 4.69) is 194 Å². The van der Waals surface area contributed by atoms with Crippen molar-refractivity contribution in [1.82, 2.24) is 9.97 Å². The summed E-state index contributed by atoms with van der Waals surface area (Å²) in [6.07, 6.45) is 0. The zero-order valence-electron chi connectivity index (χ0n) is 28.9. The lowest BCUT2D eigenvalue weighted by Crippen LogP contribution is -2.27. The summed E-state index contributed by atoms with van der Waals surface area (Å²) < 4.78 is 0. The quantitative estimate of drug-likeness (QED) is 0.186. The second-order valence-electron chi connectivity index (χ2n) is 14.1. The lowest BCUT2D eigenvalue weighted by atomic mass is 9.69. The highest BCUT2D eigenvalue weighted by Crippen LogP contribution is 2.64. The molecule has 246 valence electrons. The smallest absolute Gasteiger partial charge is 0.160 e. The molecule has 53 heavy (non-hydrogen) atoms. The van der Waals surface area contributed by atoms with Crippen molar-refractivity contribution >= 4 is 10.8 Å². The Kier molecular flexibility index (Phi) is 6.50. The van der Waals surface area contributed by atoms with Crippen molar-refractivity contribution in [3.8, 4) is 67.3 Å². The van der Waals surface area contributed by atoms with E-state index in [0.717, 1.165) is 45.0 Å². The van der Waals surface area contributed by atoms with Crippen LogP contribution in [0.5, 0.6) is 0 Å². The minimum absolute atomic E-state index is 0.556. The van der Waals surface area contributed by atoms with Gasteiger partial charge in [0.05, 0.1) is 16.8 Å². The Labute approximate surface area is 308 Å². The van der Waals surface area contributed by atoms with E-state index in [1.54, 1.807) is 0 Å². The summed E-state index contributed by atoms with van der Waals surface area (Å²) in [7, 11) is 0. The Morgan fingerprint density at radius 1 is 0.302 bits per heavy atom. The molecular formula is C51H32N2. The third-order valence-electron chi connectivity index (χ3n) is 11.3. The number of nitrogens with zero attached hydrogens (tertiary/aromatic N) is 2. The lowest BCUT2D eigenvalue weighted by molar-refractivity contribution is 0.788. The molecule has 0 saturated carbocycles. The summed E-state index contributed by atoms with van der Waals surface area (Å²) >= 11 is 0. The number of hydrogen-bond acceptors (Lipinski definition) is 2. The van der Waals surface area contributed by atoms with Crippen LogP contribution in [0.25, 0.3) is 78.1 Å². The Morgan fingerprint density at radius 3 is 1.34 bits per heavy atom. The van der Waals surface area contributed by atoms with E-state index in [4.69, 9.17) is 9.97 Å². The van der Waals surface area contributed by atoms with E-state index in [1.807, 2.05) is 0 Å². The summed E-state index contributed by atoms with van der Waals surface area (Å²) in [5.74, 6) is 0.726. The Balaban J connectivity index is 1.14. The molecule has 2 heteroatoms. The molecule has 0 saturated heterocycles. The first-order chi connectivity index (χ1) is 26.3. The normalized spacial score (nSPS) is 13.1. The van der Waals surface area contributed by atoms with Crippen LogP contribution in [0.15, 0.2) is 194 Å². The summed E-state index contributed by atoms with van der Waals surface area (Å²) in [5, 5.41) is 2.38. The minimum Gasteiger partial charge on any atom is -0.228 e. The fraction of sp³-hybridized carbons (Fsp3) is 0.0196. The van der Waals surface area contributed by atoms with Gasteiger partial charge in [0.25, 0.3) is 0 Å². The molecule has 0 bridgehead atoms. The predicted molar refractivity (Wildman–Crippen MR) is 218 cm³/mol. The van der Waals surface area contributed by atoms with Gasteiger partial charge in [-0.3, -0.25) is 0 Å². The lowest BCUT2D eigenvalue weighted by Gasteiger charge is -2.31. The van der Waals surface area contributed by atoms with Gasteiger partial charge in [0.15, 0.2) is 5.82 Å². The number of fused-ring (bicyclic) bond motifs is 11. The van der Waals surface area contributed by atoms with Gasteiger partial charge < -0.3 is 0 Å². The first-order valence-corrected chi connectivity index (χ1v) is 18.3. The Bertz CT molecular complexity index is 2820. The zero-order chi connectivity index (χ0) is 34.9. The maximum atomic E-state index is 5.62. The van der Waals surface area contributed by atoms with Crippen LogP contribution in [0.3, 0.4) is 0 Å². The van der Waals surface area contributed by atoms with E-state index >= 15 is 0 Å². The van der Waals surface area contributed by atoms with Gasteiger partial charge in [0.1, 0.15) is 0 Å². The van der Waals surface area contributed by atoms with Gasteiger partial charge in [-0.2, -0.15) is 0 Å². The van der Waals surface area contributed by atoms with E-state index in [1.165, 1.54) is 55.3 Å². The second kappa shape index (κ2) is 11.6. The molecule has 0 N–H and O–H groups in total. The van der Waals surface area contributed by atoms with E-state index in [0.29, 0.717) is 0 Å². The molecule has 8 aromatic carbocycles. The van der Waals surface area contributed by atoms with Gasteiger partial charge in [-0.15, -0.1) is 0 Å². The summed E-state index contributed by atoms with van der Waals surface area (Å²) in [4.78, 5) is 11.2. The van der Waals surface area contributed by atoms with Gasteiger partial charge in [0, 0.05) is 22.3 Å². The third-order valence-corrected chi connectivity index (χ3v) is 11.3. The highest BCUT2D eigenvalue weighted by atomic mass is 14.9. The third kappa shape index (κ3) is 4.33. The first kappa shape index (κ1) is 29.8. The molecule has 0 atom stereocenters. The molecule has 0 fully saturated rings. The molecule has 0 aliphatic heterocycles. The van der Waals surface area contributed by atoms with Crippen LogP contribution < -0.4 is 0 Å². The molecule has 9 aromatic rings. The van der Waals surface area contributed by atoms with Gasteiger partial charge in [-0.1, -0.05) is 194 Å². The van der Waals surface area contributed by atoms with E-state index in [-0.39, 0.29) is 0 Å². The average Bonchev–Trinajstić information content (AvgIpc) is 3.71. The summed E-state index contributed by atoms with van der Waals surface area (Å²) in [5.41, 5.74) is 17.0. The van der Waals surface area contributed by atoms with Crippen molar-refractivity contribution in [3.05, 3.63) is 216 Å². The molecule has 1 heterocycles. The standard InChI is InChI=1S/C51H32N2/c1-2-13-33(14-3-1)34-25-27-35(28-26-34)36-29-31-38(32-30-36)50-52-48(42-21-12-16-37-15-4-5-17-39(37)42)47-49(53-50)43-20-8-11-24-46(43)51(47)44-22-9-6-18-40(44)41-19-7-10-23-45(41)51/h1-32H. The highest BCUT2D eigenvalue weighted by molar-refractivity contribution is 6.02. The van der Waals surface area contributed by atoms with E-state index < -0.39 is 5.41 Å². The number of aromatic nitrogens is 2. The van der Waals surface area contributed by atoms with Gasteiger partial charge in [-0.05, 0) is 60.8 Å². The predicted octanol–water partition coefficient (Wildman–Crippen LogP) is 12.6. The fourth-order valence-corrected chi connectivity index (χ4v) is 9.01. The van der Waals surface area contributed by atoms with Gasteiger partial charge in [-0.25, -0.2) is 9.97 Å². The second-order valence-corrected chi connectivity index (χ2v) is 14.1. The zero-order valence-corrected chi connectivity index (χ0v) is 28.9. The van der Waals surface area contributed by atoms with Crippen LogP contribution in [-0.2, 0) is 5.41 Å². The Hall–Kier alpha value is -6.90. The van der Waals surface area contributed by atoms with Gasteiger partial charge >= 0.3 is 0 Å². The van der Waals surface area contributed by atoms with Gasteiger partial charge in [0.2, 0.25) is 0 Å². The fourth-order valence-electron chi connectivity index (χ4n) is 9.01. The number of benzene rings is 8. The number of hydrogen-bond donors (Lipinski definition) is 0. The maximum absolute atomic E-state index is 5.62. The van der Waals surface area contributed by atoms with Crippen molar-refractivity contribution in [2.75, 3.05) is 0 Å². The monoisotopic (exact) mass is 672 g/mol. The topological polar surface area (TPSA) is 25.8 Å². The Morgan fingerprint density at radius 2 is 0.717 bits per heavy atom. The van der Waals surface area contributed by atoms with Crippen molar-refractivity contribution in [1.29, 1.82) is 0 Å². The minimum atomic E-state index is -0.556. The van der Waals surface area contributed by atoms with Crippen molar-refractivity contribution in [2.24, 2.45) is 0 Å². The van der Waals surface area contributed by atoms with Crippen molar-refractivity contribution < 1.29 is 0 Å². The molecule has 2 nitrogen and oxygen atoms in total. The van der Waals surface area contributed by atoms with E-state index in [9.17, 15) is 0 Å². The first-order valence-electron chi connectivity index (χ1n) is 18.3.